The number of hydrogen-bond donors (Lipinski definition) is 1. The molecule has 0 bridgehead atoms. The maximum Gasteiger partial charge on any atom is 0.326 e. The molecular weight excluding hydrogens is 374 g/mol. The second-order valence-electron chi connectivity index (χ2n) is 8.12. The first-order valence-electron chi connectivity index (χ1n) is 10.7. The molecule has 3 aromatic rings. The number of hydrogen-bond acceptors (Lipinski definition) is 3. The Labute approximate surface area is 177 Å². The van der Waals surface area contributed by atoms with Crippen LogP contribution in [-0.4, -0.2) is 20.8 Å². The summed E-state index contributed by atoms with van der Waals surface area (Å²) < 4.78 is 2.20. The Bertz CT molecular complexity index is 1020. The molecule has 30 heavy (non-hydrogen) atoms. The number of rotatable bonds is 4. The van der Waals surface area contributed by atoms with Crippen LogP contribution in [0.5, 0.6) is 0 Å². The predicted octanol–water partition coefficient (Wildman–Crippen LogP) is 5.17. The fourth-order valence-corrected chi connectivity index (χ4v) is 4.37. The van der Waals surface area contributed by atoms with Crippen molar-refractivity contribution in [1.29, 1.82) is 0 Å². The Hall–Kier alpha value is -3.15. The monoisotopic (exact) mass is 403 g/mol. The summed E-state index contributed by atoms with van der Waals surface area (Å²) in [5, 5.41) is 11.9. The number of urea groups is 1. The van der Waals surface area contributed by atoms with E-state index in [9.17, 15) is 4.79 Å². The number of aromatic nitrogens is 3. The summed E-state index contributed by atoms with van der Waals surface area (Å²) in [6, 6.07) is 13.6. The molecule has 2 heterocycles. The maximum atomic E-state index is 13.4. The molecule has 6 heteroatoms. The number of nitrogens with one attached hydrogen (secondary N) is 1. The lowest BCUT2D eigenvalue weighted by atomic mass is 10.0. The molecule has 0 fully saturated rings. The summed E-state index contributed by atoms with van der Waals surface area (Å²) in [5.41, 5.74) is 5.04. The molecule has 0 saturated carbocycles. The van der Waals surface area contributed by atoms with Crippen molar-refractivity contribution >= 4 is 17.4 Å². The van der Waals surface area contributed by atoms with Gasteiger partial charge in [0.05, 0.1) is 12.2 Å². The molecule has 1 aromatic heterocycles. The minimum atomic E-state index is -0.165. The first kappa shape index (κ1) is 20.1. The third-order valence-electron chi connectivity index (χ3n) is 5.66. The summed E-state index contributed by atoms with van der Waals surface area (Å²) >= 11 is 0. The van der Waals surface area contributed by atoms with E-state index in [0.717, 1.165) is 60.0 Å². The Morgan fingerprint density at radius 2 is 1.77 bits per heavy atom. The van der Waals surface area contributed by atoms with Gasteiger partial charge in [-0.2, -0.15) is 0 Å². The van der Waals surface area contributed by atoms with Crippen LogP contribution >= 0.6 is 0 Å². The summed E-state index contributed by atoms with van der Waals surface area (Å²) in [7, 11) is 0. The van der Waals surface area contributed by atoms with Crippen LogP contribution in [-0.2, 0) is 19.5 Å². The van der Waals surface area contributed by atoms with Crippen LogP contribution in [0.15, 0.2) is 42.5 Å². The summed E-state index contributed by atoms with van der Waals surface area (Å²) in [4.78, 5) is 15.2. The molecule has 2 amide bonds. The molecular formula is C24H29N5O. The Balaban J connectivity index is 1.71. The van der Waals surface area contributed by atoms with E-state index in [1.54, 1.807) is 4.90 Å². The number of aryl methyl sites for hydroxylation is 4. The lowest BCUT2D eigenvalue weighted by Crippen LogP contribution is -2.36. The van der Waals surface area contributed by atoms with Gasteiger partial charge in [0, 0.05) is 18.7 Å². The lowest BCUT2D eigenvalue weighted by Gasteiger charge is -2.27. The van der Waals surface area contributed by atoms with E-state index in [0.29, 0.717) is 6.54 Å². The third-order valence-corrected chi connectivity index (χ3v) is 5.66. The normalized spacial score (nSPS) is 13.4. The molecule has 4 rings (SSSR count). The Kier molecular flexibility index (Phi) is 5.84. The molecule has 1 aliphatic heterocycles. The van der Waals surface area contributed by atoms with E-state index in [1.807, 2.05) is 30.3 Å². The van der Waals surface area contributed by atoms with Crippen LogP contribution in [0.25, 0.3) is 0 Å². The second kappa shape index (κ2) is 8.69. The molecule has 6 nitrogen and oxygen atoms in total. The molecule has 0 saturated heterocycles. The van der Waals surface area contributed by atoms with Crippen molar-refractivity contribution in [2.24, 2.45) is 0 Å². The van der Waals surface area contributed by atoms with Gasteiger partial charge >= 0.3 is 6.03 Å². The van der Waals surface area contributed by atoms with Crippen molar-refractivity contribution in [2.75, 3.05) is 10.2 Å². The predicted molar refractivity (Wildman–Crippen MR) is 120 cm³/mol. The molecule has 0 radical (unpaired) electrons. The van der Waals surface area contributed by atoms with Gasteiger partial charge in [-0.1, -0.05) is 42.3 Å². The van der Waals surface area contributed by atoms with Gasteiger partial charge in [0.25, 0.3) is 0 Å². The van der Waals surface area contributed by atoms with Crippen molar-refractivity contribution in [3.05, 3.63) is 70.8 Å². The van der Waals surface area contributed by atoms with Gasteiger partial charge in [-0.15, -0.1) is 10.2 Å². The molecule has 2 aromatic carbocycles. The van der Waals surface area contributed by atoms with Crippen molar-refractivity contribution in [3.8, 4) is 0 Å². The number of amides is 2. The number of fused-ring (bicyclic) bond motifs is 1. The van der Waals surface area contributed by atoms with Crippen molar-refractivity contribution < 1.29 is 4.79 Å². The highest BCUT2D eigenvalue weighted by Gasteiger charge is 2.24. The van der Waals surface area contributed by atoms with E-state index in [1.165, 1.54) is 12.0 Å². The highest BCUT2D eigenvalue weighted by Crippen LogP contribution is 2.29. The van der Waals surface area contributed by atoms with E-state index >= 15 is 0 Å². The first-order chi connectivity index (χ1) is 14.5. The molecule has 0 atom stereocenters. The first-order valence-corrected chi connectivity index (χ1v) is 10.7. The molecule has 156 valence electrons. The number of carbonyl (C=O) groups excluding carboxylic acids is 1. The molecule has 1 N–H and O–H groups in total. The highest BCUT2D eigenvalue weighted by molar-refractivity contribution is 6.02. The number of nitrogens with zero attached hydrogens (tertiary/aromatic N) is 4. The minimum absolute atomic E-state index is 0.165. The van der Waals surface area contributed by atoms with Crippen LogP contribution in [0.3, 0.4) is 0 Å². The maximum absolute atomic E-state index is 13.4. The Morgan fingerprint density at radius 3 is 2.50 bits per heavy atom. The van der Waals surface area contributed by atoms with Crippen LogP contribution in [0.2, 0.25) is 0 Å². The van der Waals surface area contributed by atoms with Crippen LogP contribution in [0.1, 0.15) is 47.6 Å². The molecule has 0 unspecified atom stereocenters. The molecule has 0 aliphatic carbocycles. The van der Waals surface area contributed by atoms with Crippen molar-refractivity contribution in [3.63, 3.8) is 0 Å². The van der Waals surface area contributed by atoms with Gasteiger partial charge in [-0.3, -0.25) is 4.90 Å². The third kappa shape index (κ3) is 4.22. The lowest BCUT2D eigenvalue weighted by molar-refractivity contribution is 0.256. The van der Waals surface area contributed by atoms with Gasteiger partial charge in [-0.05, 0) is 56.9 Å². The van der Waals surface area contributed by atoms with Crippen molar-refractivity contribution in [2.45, 2.75) is 59.5 Å². The zero-order valence-electron chi connectivity index (χ0n) is 18.0. The van der Waals surface area contributed by atoms with E-state index in [-0.39, 0.29) is 6.03 Å². The fourth-order valence-electron chi connectivity index (χ4n) is 4.37. The highest BCUT2D eigenvalue weighted by atomic mass is 16.2. The van der Waals surface area contributed by atoms with Crippen LogP contribution in [0.4, 0.5) is 16.2 Å². The van der Waals surface area contributed by atoms with E-state index < -0.39 is 0 Å². The largest absolute Gasteiger partial charge is 0.326 e. The van der Waals surface area contributed by atoms with Crippen LogP contribution < -0.4 is 10.2 Å². The molecule has 1 aliphatic rings. The smallest absolute Gasteiger partial charge is 0.313 e. The van der Waals surface area contributed by atoms with Gasteiger partial charge in [0.2, 0.25) is 0 Å². The SMILES string of the molecule is Cc1cc(C)c(N(Cc2nnc3n2CCCCC3)C(=O)Nc2ccccc2)c(C)c1. The number of para-hydroxylation sites is 1. The topological polar surface area (TPSA) is 63.1 Å². The number of anilines is 2. The zero-order valence-corrected chi connectivity index (χ0v) is 18.0. The van der Waals surface area contributed by atoms with Crippen molar-refractivity contribution in [1.82, 2.24) is 14.8 Å². The standard InChI is InChI=1S/C24H29N5O/c1-17-14-18(2)23(19(3)15-17)29(24(30)25-20-10-6-4-7-11-20)16-22-27-26-21-12-8-5-9-13-28(21)22/h4,6-7,10-11,14-15H,5,8-9,12-13,16H2,1-3H3,(H,25,30). The van der Waals surface area contributed by atoms with Gasteiger partial charge in [-0.25, -0.2) is 4.79 Å². The van der Waals surface area contributed by atoms with E-state index in [4.69, 9.17) is 0 Å². The molecule has 0 spiro atoms. The van der Waals surface area contributed by atoms with Gasteiger partial charge in [0.15, 0.2) is 5.82 Å². The Morgan fingerprint density at radius 1 is 1.03 bits per heavy atom. The summed E-state index contributed by atoms with van der Waals surface area (Å²) in [5.74, 6) is 1.87. The number of carbonyl (C=O) groups is 1. The average molecular weight is 404 g/mol. The van der Waals surface area contributed by atoms with Gasteiger partial charge in [0.1, 0.15) is 5.82 Å². The quantitative estimate of drug-likeness (QED) is 0.654. The summed E-state index contributed by atoms with van der Waals surface area (Å²) in [6.07, 6.45) is 4.42. The van der Waals surface area contributed by atoms with E-state index in [2.05, 4.69) is 53.0 Å². The van der Waals surface area contributed by atoms with Crippen LogP contribution in [0, 0.1) is 20.8 Å². The number of benzene rings is 2. The van der Waals surface area contributed by atoms with Gasteiger partial charge < -0.3 is 9.88 Å². The average Bonchev–Trinajstić information content (AvgIpc) is 2.93. The zero-order chi connectivity index (χ0) is 21.1. The fraction of sp³-hybridized carbons (Fsp3) is 0.375. The minimum Gasteiger partial charge on any atom is -0.313 e. The summed E-state index contributed by atoms with van der Waals surface area (Å²) in [6.45, 7) is 7.50. The second-order valence-corrected chi connectivity index (χ2v) is 8.12.